The molecule has 0 spiro atoms. The molecule has 0 radical (unpaired) electrons. The van der Waals surface area contributed by atoms with E-state index in [4.69, 9.17) is 5.11 Å². The Morgan fingerprint density at radius 2 is 1.45 bits per heavy atom. The highest BCUT2D eigenvalue weighted by Crippen LogP contribution is 2.21. The Labute approximate surface area is 170 Å². The molecule has 6 heteroatoms. The van der Waals surface area contributed by atoms with Crippen LogP contribution in [-0.4, -0.2) is 34.1 Å². The molecule has 0 aromatic heterocycles. The number of benzene rings is 2. The zero-order valence-electron chi connectivity index (χ0n) is 16.7. The molecule has 3 N–H and O–H groups in total. The molecule has 1 amide bonds. The van der Waals surface area contributed by atoms with Crippen LogP contribution in [0.25, 0.3) is 11.1 Å². The van der Waals surface area contributed by atoms with E-state index in [-0.39, 0.29) is 31.2 Å². The lowest BCUT2D eigenvalue weighted by Gasteiger charge is -2.21. The normalized spacial score (nSPS) is 12.8. The van der Waals surface area contributed by atoms with Crippen molar-refractivity contribution in [1.82, 2.24) is 5.32 Å². The van der Waals surface area contributed by atoms with Gasteiger partial charge in [0.05, 0.1) is 12.3 Å². The Hall–Kier alpha value is -3.15. The van der Waals surface area contributed by atoms with Crippen LogP contribution >= 0.6 is 0 Å². The zero-order valence-corrected chi connectivity index (χ0v) is 16.7. The van der Waals surface area contributed by atoms with Gasteiger partial charge in [0, 0.05) is 12.5 Å². The average molecular weight is 397 g/mol. The number of aryl methyl sites for hydroxylation is 1. The summed E-state index contributed by atoms with van der Waals surface area (Å²) < 4.78 is 0. The first-order chi connectivity index (χ1) is 13.7. The van der Waals surface area contributed by atoms with Crippen LogP contribution in [0.4, 0.5) is 0 Å². The molecule has 0 saturated carbocycles. The lowest BCUT2D eigenvalue weighted by atomic mass is 9.94. The molecule has 29 heavy (non-hydrogen) atoms. The predicted molar refractivity (Wildman–Crippen MR) is 111 cm³/mol. The average Bonchev–Trinajstić information content (AvgIpc) is 2.67. The highest BCUT2D eigenvalue weighted by atomic mass is 16.4. The minimum atomic E-state index is -1.04. The molecule has 0 bridgehead atoms. The van der Waals surface area contributed by atoms with E-state index in [1.807, 2.05) is 31.2 Å². The smallest absolute Gasteiger partial charge is 0.306 e. The summed E-state index contributed by atoms with van der Waals surface area (Å²) in [5.74, 6) is -2.97. The van der Waals surface area contributed by atoms with Gasteiger partial charge >= 0.3 is 11.9 Å². The first kappa shape index (κ1) is 22.1. The molecule has 0 heterocycles. The number of carbonyl (C=O) groups is 3. The molecule has 0 unspecified atom stereocenters. The third-order valence-electron chi connectivity index (χ3n) is 4.81. The van der Waals surface area contributed by atoms with Gasteiger partial charge in [-0.15, -0.1) is 0 Å². The molecule has 2 atom stereocenters. The monoisotopic (exact) mass is 397 g/mol. The van der Waals surface area contributed by atoms with Gasteiger partial charge in [-0.3, -0.25) is 14.4 Å². The summed E-state index contributed by atoms with van der Waals surface area (Å²) in [7, 11) is 0. The minimum Gasteiger partial charge on any atom is -0.481 e. The van der Waals surface area contributed by atoms with Crippen molar-refractivity contribution in [1.29, 1.82) is 0 Å². The summed E-state index contributed by atoms with van der Waals surface area (Å²) in [5.41, 5.74) is 4.36. The van der Waals surface area contributed by atoms with Gasteiger partial charge in [-0.25, -0.2) is 0 Å². The molecule has 6 nitrogen and oxygen atoms in total. The van der Waals surface area contributed by atoms with Crippen molar-refractivity contribution in [2.75, 3.05) is 0 Å². The van der Waals surface area contributed by atoms with Crippen LogP contribution in [0, 0.1) is 12.8 Å². The summed E-state index contributed by atoms with van der Waals surface area (Å²) in [6.45, 7) is 3.63. The molecule has 0 aliphatic rings. The van der Waals surface area contributed by atoms with Gasteiger partial charge in [-0.1, -0.05) is 61.0 Å². The third-order valence-corrected chi connectivity index (χ3v) is 4.81. The summed E-state index contributed by atoms with van der Waals surface area (Å²) in [5, 5.41) is 20.7. The van der Waals surface area contributed by atoms with E-state index in [0.29, 0.717) is 6.42 Å². The summed E-state index contributed by atoms with van der Waals surface area (Å²) in [6, 6.07) is 15.8. The zero-order chi connectivity index (χ0) is 21.4. The van der Waals surface area contributed by atoms with E-state index in [1.165, 1.54) is 5.56 Å². The van der Waals surface area contributed by atoms with E-state index in [9.17, 15) is 19.5 Å². The lowest BCUT2D eigenvalue weighted by Crippen LogP contribution is -2.38. The second-order valence-corrected chi connectivity index (χ2v) is 7.40. The van der Waals surface area contributed by atoms with Crippen molar-refractivity contribution in [2.24, 2.45) is 5.92 Å². The van der Waals surface area contributed by atoms with Crippen LogP contribution in [0.2, 0.25) is 0 Å². The number of amides is 1. The molecule has 2 aromatic rings. The van der Waals surface area contributed by atoms with Gasteiger partial charge in [0.1, 0.15) is 0 Å². The molecule has 2 rings (SSSR count). The molecule has 0 aliphatic carbocycles. The van der Waals surface area contributed by atoms with Crippen molar-refractivity contribution in [3.63, 3.8) is 0 Å². The van der Waals surface area contributed by atoms with E-state index < -0.39 is 17.9 Å². The molecule has 154 valence electrons. The second-order valence-electron chi connectivity index (χ2n) is 7.40. The largest absolute Gasteiger partial charge is 0.481 e. The minimum absolute atomic E-state index is 0.125. The van der Waals surface area contributed by atoms with Crippen LogP contribution in [0.5, 0.6) is 0 Å². The second kappa shape index (κ2) is 10.4. The number of carboxylic acid groups (broad SMARTS) is 2. The van der Waals surface area contributed by atoms with E-state index in [1.54, 1.807) is 6.92 Å². The topological polar surface area (TPSA) is 104 Å². The Kier molecular flexibility index (Phi) is 7.95. The Balaban J connectivity index is 2.07. The third kappa shape index (κ3) is 7.41. The molecule has 0 saturated heterocycles. The fourth-order valence-corrected chi connectivity index (χ4v) is 3.10. The maximum absolute atomic E-state index is 12.0. The number of hydrogen-bond acceptors (Lipinski definition) is 3. The van der Waals surface area contributed by atoms with Crippen molar-refractivity contribution < 1.29 is 24.6 Å². The SMILES string of the molecule is Cc1ccc(-c2ccc(C[C@H](C[C@@H](C)C(=O)O)NC(=O)CCC(=O)O)cc2)cc1. The van der Waals surface area contributed by atoms with Crippen molar-refractivity contribution in [2.45, 2.75) is 45.6 Å². The number of carboxylic acids is 2. The molecule has 2 aromatic carbocycles. The Morgan fingerprint density at radius 3 is 1.97 bits per heavy atom. The van der Waals surface area contributed by atoms with Crippen molar-refractivity contribution >= 4 is 17.8 Å². The van der Waals surface area contributed by atoms with Gasteiger partial charge in [-0.2, -0.15) is 0 Å². The maximum Gasteiger partial charge on any atom is 0.306 e. The predicted octanol–water partition coefficient (Wildman–Crippen LogP) is 3.66. The first-order valence-electron chi connectivity index (χ1n) is 9.64. The number of aliphatic carboxylic acids is 2. The molecular weight excluding hydrogens is 370 g/mol. The van der Waals surface area contributed by atoms with E-state index in [2.05, 4.69) is 29.6 Å². The summed E-state index contributed by atoms with van der Waals surface area (Å²) in [6.07, 6.45) is 0.371. The van der Waals surface area contributed by atoms with Crippen molar-refractivity contribution in [3.8, 4) is 11.1 Å². The summed E-state index contributed by atoms with van der Waals surface area (Å²) >= 11 is 0. The highest BCUT2D eigenvalue weighted by molar-refractivity contribution is 5.81. The van der Waals surface area contributed by atoms with Gasteiger partial charge < -0.3 is 15.5 Å². The first-order valence-corrected chi connectivity index (χ1v) is 9.64. The molecular formula is C23H27NO5. The fraction of sp³-hybridized carbons (Fsp3) is 0.348. The van der Waals surface area contributed by atoms with Gasteiger partial charge in [0.15, 0.2) is 0 Å². The number of carbonyl (C=O) groups excluding carboxylic acids is 1. The van der Waals surface area contributed by atoms with Crippen LogP contribution in [0.15, 0.2) is 48.5 Å². The quantitative estimate of drug-likeness (QED) is 0.568. The molecule has 0 fully saturated rings. The Morgan fingerprint density at radius 1 is 0.897 bits per heavy atom. The molecule has 0 aliphatic heterocycles. The van der Waals surface area contributed by atoms with Crippen LogP contribution in [0.3, 0.4) is 0 Å². The fourth-order valence-electron chi connectivity index (χ4n) is 3.10. The highest BCUT2D eigenvalue weighted by Gasteiger charge is 2.21. The number of rotatable bonds is 10. The maximum atomic E-state index is 12.0. The lowest BCUT2D eigenvalue weighted by molar-refractivity contribution is -0.141. The van der Waals surface area contributed by atoms with Crippen LogP contribution < -0.4 is 5.32 Å². The van der Waals surface area contributed by atoms with Gasteiger partial charge in [0.25, 0.3) is 0 Å². The summed E-state index contributed by atoms with van der Waals surface area (Å²) in [4.78, 5) is 33.9. The van der Waals surface area contributed by atoms with Gasteiger partial charge in [-0.05, 0) is 36.5 Å². The van der Waals surface area contributed by atoms with Crippen LogP contribution in [0.1, 0.15) is 37.3 Å². The van der Waals surface area contributed by atoms with E-state index >= 15 is 0 Å². The van der Waals surface area contributed by atoms with E-state index in [0.717, 1.165) is 16.7 Å². The van der Waals surface area contributed by atoms with Crippen molar-refractivity contribution in [3.05, 3.63) is 59.7 Å². The number of nitrogens with one attached hydrogen (secondary N) is 1. The standard InChI is InChI=1S/C23H27NO5/c1-15-3-7-18(8-4-15)19-9-5-17(6-10-19)14-20(13-16(2)23(28)29)24-21(25)11-12-22(26)27/h3-10,16,20H,11-14H2,1-2H3,(H,24,25)(H,26,27)(H,28,29)/t16-,20+/m1/s1. The van der Waals surface area contributed by atoms with Crippen LogP contribution in [-0.2, 0) is 20.8 Å². The Bertz CT molecular complexity index is 843. The van der Waals surface area contributed by atoms with Gasteiger partial charge in [0.2, 0.25) is 5.91 Å². The number of hydrogen-bond donors (Lipinski definition) is 3.